The number of nitrogens with two attached hydrogens (primary N) is 1. The summed E-state index contributed by atoms with van der Waals surface area (Å²) >= 11 is 5.93. The second-order valence-electron chi connectivity index (χ2n) is 5.95. The van der Waals surface area contributed by atoms with E-state index in [1.165, 1.54) is 19.3 Å². The fourth-order valence-corrected chi connectivity index (χ4v) is 3.19. The SMILES string of the molecule is CCC1(CC)CCN(CC(=O)Nc2cc(Cl)ccc2N)C1. The van der Waals surface area contributed by atoms with E-state index in [4.69, 9.17) is 17.3 Å². The van der Waals surface area contributed by atoms with Crippen LogP contribution >= 0.6 is 11.6 Å². The zero-order valence-corrected chi connectivity index (χ0v) is 13.5. The molecule has 0 spiro atoms. The standard InChI is InChI=1S/C16H24ClN3O/c1-3-16(4-2)7-8-20(11-16)10-15(21)19-14-9-12(17)5-6-13(14)18/h5-6,9H,3-4,7-8,10-11,18H2,1-2H3,(H,19,21). The van der Waals surface area contributed by atoms with Gasteiger partial charge in [0.2, 0.25) is 5.91 Å². The number of rotatable bonds is 5. The highest BCUT2D eigenvalue weighted by atomic mass is 35.5. The number of nitrogens with one attached hydrogen (secondary N) is 1. The Balaban J connectivity index is 1.92. The van der Waals surface area contributed by atoms with Gasteiger partial charge in [0.1, 0.15) is 0 Å². The van der Waals surface area contributed by atoms with Gasteiger partial charge in [0.15, 0.2) is 0 Å². The summed E-state index contributed by atoms with van der Waals surface area (Å²) in [5.41, 5.74) is 7.35. The van der Waals surface area contributed by atoms with Crippen LogP contribution in [0.5, 0.6) is 0 Å². The van der Waals surface area contributed by atoms with Gasteiger partial charge in [-0.25, -0.2) is 0 Å². The Labute approximate surface area is 131 Å². The monoisotopic (exact) mass is 309 g/mol. The molecule has 0 aliphatic carbocycles. The van der Waals surface area contributed by atoms with Gasteiger partial charge in [-0.15, -0.1) is 0 Å². The molecule has 1 saturated heterocycles. The first-order valence-corrected chi connectivity index (χ1v) is 7.93. The van der Waals surface area contributed by atoms with Crippen molar-refractivity contribution in [2.75, 3.05) is 30.7 Å². The average Bonchev–Trinajstić information content (AvgIpc) is 2.87. The number of nitrogens with zero attached hydrogens (tertiary/aromatic N) is 1. The molecule has 1 aliphatic rings. The molecule has 1 aliphatic heterocycles. The molecule has 0 atom stereocenters. The van der Waals surface area contributed by atoms with E-state index in [0.717, 1.165) is 13.1 Å². The molecule has 0 unspecified atom stereocenters. The van der Waals surface area contributed by atoms with Crippen molar-refractivity contribution < 1.29 is 4.79 Å². The molecule has 1 aromatic rings. The molecule has 1 amide bonds. The molecule has 116 valence electrons. The predicted molar refractivity (Wildman–Crippen MR) is 88.6 cm³/mol. The van der Waals surface area contributed by atoms with E-state index in [-0.39, 0.29) is 5.91 Å². The number of carbonyl (C=O) groups excluding carboxylic acids is 1. The van der Waals surface area contributed by atoms with Crippen LogP contribution in [-0.4, -0.2) is 30.4 Å². The molecule has 1 heterocycles. The lowest BCUT2D eigenvalue weighted by molar-refractivity contribution is -0.117. The van der Waals surface area contributed by atoms with Crippen molar-refractivity contribution in [3.05, 3.63) is 23.2 Å². The van der Waals surface area contributed by atoms with Gasteiger partial charge in [0.05, 0.1) is 17.9 Å². The van der Waals surface area contributed by atoms with Crippen LogP contribution in [0, 0.1) is 5.41 Å². The van der Waals surface area contributed by atoms with Gasteiger partial charge in [-0.2, -0.15) is 0 Å². The van der Waals surface area contributed by atoms with Crippen molar-refractivity contribution in [2.45, 2.75) is 33.1 Å². The van der Waals surface area contributed by atoms with E-state index < -0.39 is 0 Å². The molecule has 0 radical (unpaired) electrons. The molecule has 0 saturated carbocycles. The lowest BCUT2D eigenvalue weighted by Crippen LogP contribution is -2.33. The van der Waals surface area contributed by atoms with Gasteiger partial charge in [0, 0.05) is 11.6 Å². The molecule has 0 bridgehead atoms. The number of hydrogen-bond donors (Lipinski definition) is 2. The normalized spacial score (nSPS) is 17.9. The van der Waals surface area contributed by atoms with Gasteiger partial charge in [0.25, 0.3) is 0 Å². The largest absolute Gasteiger partial charge is 0.397 e. The van der Waals surface area contributed by atoms with Crippen LogP contribution < -0.4 is 11.1 Å². The third-order valence-corrected chi connectivity index (χ3v) is 4.91. The number of hydrogen-bond acceptors (Lipinski definition) is 3. The Bertz CT molecular complexity index is 514. The average molecular weight is 310 g/mol. The van der Waals surface area contributed by atoms with Crippen LogP contribution in [-0.2, 0) is 4.79 Å². The van der Waals surface area contributed by atoms with E-state index >= 15 is 0 Å². The molecule has 2 rings (SSSR count). The van der Waals surface area contributed by atoms with Crippen LogP contribution in [0.15, 0.2) is 18.2 Å². The fourth-order valence-electron chi connectivity index (χ4n) is 3.02. The minimum Gasteiger partial charge on any atom is -0.397 e. The van der Waals surface area contributed by atoms with Crippen molar-refractivity contribution in [2.24, 2.45) is 5.41 Å². The van der Waals surface area contributed by atoms with Crippen LogP contribution in [0.25, 0.3) is 0 Å². The summed E-state index contributed by atoms with van der Waals surface area (Å²) < 4.78 is 0. The van der Waals surface area contributed by atoms with Gasteiger partial charge in [-0.3, -0.25) is 9.69 Å². The Morgan fingerprint density at radius 2 is 2.14 bits per heavy atom. The zero-order valence-electron chi connectivity index (χ0n) is 12.8. The Morgan fingerprint density at radius 3 is 2.76 bits per heavy atom. The second kappa shape index (κ2) is 6.67. The van der Waals surface area contributed by atoms with Crippen LogP contribution in [0.2, 0.25) is 5.02 Å². The number of carbonyl (C=O) groups is 1. The lowest BCUT2D eigenvalue weighted by atomic mass is 9.82. The Kier molecular flexibility index (Phi) is 5.12. The first-order chi connectivity index (χ1) is 9.98. The third kappa shape index (κ3) is 3.89. The second-order valence-corrected chi connectivity index (χ2v) is 6.38. The topological polar surface area (TPSA) is 58.4 Å². The summed E-state index contributed by atoms with van der Waals surface area (Å²) in [5.74, 6) is -0.0352. The van der Waals surface area contributed by atoms with Gasteiger partial charge < -0.3 is 11.1 Å². The minimum absolute atomic E-state index is 0.0352. The quantitative estimate of drug-likeness (QED) is 0.820. The maximum absolute atomic E-state index is 12.2. The van der Waals surface area contributed by atoms with E-state index in [1.807, 2.05) is 0 Å². The molecule has 1 fully saturated rings. The van der Waals surface area contributed by atoms with Crippen molar-refractivity contribution in [1.29, 1.82) is 0 Å². The third-order valence-electron chi connectivity index (χ3n) is 4.67. The Hall–Kier alpha value is -1.26. The highest BCUT2D eigenvalue weighted by Crippen LogP contribution is 2.36. The summed E-state index contributed by atoms with van der Waals surface area (Å²) in [6.45, 7) is 6.87. The van der Waals surface area contributed by atoms with Crippen molar-refractivity contribution in [3.8, 4) is 0 Å². The molecular weight excluding hydrogens is 286 g/mol. The van der Waals surface area contributed by atoms with E-state index in [0.29, 0.717) is 28.4 Å². The van der Waals surface area contributed by atoms with Gasteiger partial charge in [-0.1, -0.05) is 25.4 Å². The number of halogens is 1. The molecule has 1 aromatic carbocycles. The van der Waals surface area contributed by atoms with Gasteiger partial charge in [-0.05, 0) is 49.4 Å². The first-order valence-electron chi connectivity index (χ1n) is 7.55. The van der Waals surface area contributed by atoms with Crippen LogP contribution in [0.4, 0.5) is 11.4 Å². The number of amides is 1. The summed E-state index contributed by atoms with van der Waals surface area (Å²) in [6.07, 6.45) is 3.51. The zero-order chi connectivity index (χ0) is 15.5. The van der Waals surface area contributed by atoms with Crippen molar-refractivity contribution >= 4 is 28.9 Å². The van der Waals surface area contributed by atoms with Gasteiger partial charge >= 0.3 is 0 Å². The maximum atomic E-state index is 12.2. The maximum Gasteiger partial charge on any atom is 0.238 e. The van der Waals surface area contributed by atoms with E-state index in [2.05, 4.69) is 24.1 Å². The fraction of sp³-hybridized carbons (Fsp3) is 0.562. The number of nitrogen functional groups attached to an aromatic ring is 1. The lowest BCUT2D eigenvalue weighted by Gasteiger charge is -2.26. The molecule has 21 heavy (non-hydrogen) atoms. The van der Waals surface area contributed by atoms with Crippen molar-refractivity contribution in [1.82, 2.24) is 4.90 Å². The summed E-state index contributed by atoms with van der Waals surface area (Å²) in [6, 6.07) is 5.10. The molecule has 0 aromatic heterocycles. The van der Waals surface area contributed by atoms with Crippen LogP contribution in [0.3, 0.4) is 0 Å². The van der Waals surface area contributed by atoms with E-state index in [1.54, 1.807) is 18.2 Å². The number of benzene rings is 1. The number of anilines is 2. The van der Waals surface area contributed by atoms with Crippen LogP contribution in [0.1, 0.15) is 33.1 Å². The van der Waals surface area contributed by atoms with E-state index in [9.17, 15) is 4.79 Å². The summed E-state index contributed by atoms with van der Waals surface area (Å²) in [5, 5.41) is 3.42. The Morgan fingerprint density at radius 1 is 1.43 bits per heavy atom. The minimum atomic E-state index is -0.0352. The number of likely N-dealkylation sites (tertiary alicyclic amines) is 1. The highest BCUT2D eigenvalue weighted by Gasteiger charge is 2.35. The molecule has 4 nitrogen and oxygen atoms in total. The summed E-state index contributed by atoms with van der Waals surface area (Å²) in [7, 11) is 0. The summed E-state index contributed by atoms with van der Waals surface area (Å²) in [4.78, 5) is 14.4. The predicted octanol–water partition coefficient (Wildman–Crippen LogP) is 3.37. The first kappa shape index (κ1) is 16.1. The molecular formula is C16H24ClN3O. The smallest absolute Gasteiger partial charge is 0.238 e. The molecule has 5 heteroatoms. The van der Waals surface area contributed by atoms with Crippen molar-refractivity contribution in [3.63, 3.8) is 0 Å². The molecule has 3 N–H and O–H groups in total. The highest BCUT2D eigenvalue weighted by molar-refractivity contribution is 6.31.